The molecule has 3 aromatic rings. The van der Waals surface area contributed by atoms with Crippen LogP contribution in [0.4, 0.5) is 0 Å². The molecule has 1 aromatic heterocycles. The van der Waals surface area contributed by atoms with Gasteiger partial charge in [0, 0.05) is 26.8 Å². The minimum Gasteiger partial charge on any atom is -0.313 e. The highest BCUT2D eigenvalue weighted by atomic mass is 79.9. The van der Waals surface area contributed by atoms with Crippen molar-refractivity contribution in [2.24, 2.45) is 0 Å². The zero-order valence-electron chi connectivity index (χ0n) is 12.2. The Balaban J connectivity index is 2.05. The predicted molar refractivity (Wildman–Crippen MR) is 101 cm³/mol. The number of halogens is 2. The van der Waals surface area contributed by atoms with Gasteiger partial charge in [0.25, 0.3) is 0 Å². The number of benzene rings is 2. The van der Waals surface area contributed by atoms with Gasteiger partial charge >= 0.3 is 0 Å². The summed E-state index contributed by atoms with van der Waals surface area (Å²) in [5.41, 5.74) is 5.59. The average molecular weight is 428 g/mol. The molecule has 0 radical (unpaired) electrons. The topological polar surface area (TPSA) is 28.7 Å². The standard InChI is InChI=1S/C19H12Br2N2/c20-13-3-7-18-16(9-13)17-10-14(21)4-8-19(17)23(18)15-5-1-12(11-22)2-6-15/h1-3,5-7,9-10H,4,8H2. The van der Waals surface area contributed by atoms with Gasteiger partial charge < -0.3 is 4.57 Å². The second-order valence-corrected chi connectivity index (χ2v) is 7.54. The fourth-order valence-electron chi connectivity index (χ4n) is 3.19. The number of nitriles is 1. The Morgan fingerprint density at radius 2 is 1.78 bits per heavy atom. The summed E-state index contributed by atoms with van der Waals surface area (Å²) in [5.74, 6) is 0. The molecule has 4 heteroatoms. The third-order valence-electron chi connectivity index (χ3n) is 4.23. The van der Waals surface area contributed by atoms with Gasteiger partial charge in [-0.1, -0.05) is 31.9 Å². The van der Waals surface area contributed by atoms with E-state index < -0.39 is 0 Å². The normalized spacial score (nSPS) is 13.5. The van der Waals surface area contributed by atoms with E-state index in [1.165, 1.54) is 26.6 Å². The minimum absolute atomic E-state index is 0.685. The first kappa shape index (κ1) is 14.7. The Bertz CT molecular complexity index is 989. The van der Waals surface area contributed by atoms with Crippen LogP contribution in [-0.2, 0) is 6.42 Å². The molecule has 0 bridgehead atoms. The third kappa shape index (κ3) is 2.45. The summed E-state index contributed by atoms with van der Waals surface area (Å²) < 4.78 is 4.64. The van der Waals surface area contributed by atoms with Crippen LogP contribution < -0.4 is 0 Å². The lowest BCUT2D eigenvalue weighted by molar-refractivity contribution is 0.883. The number of aromatic nitrogens is 1. The van der Waals surface area contributed by atoms with E-state index in [0.29, 0.717) is 5.56 Å². The summed E-state index contributed by atoms with van der Waals surface area (Å²) in [5, 5.41) is 10.3. The smallest absolute Gasteiger partial charge is 0.0991 e. The van der Waals surface area contributed by atoms with Gasteiger partial charge in [0.05, 0.1) is 17.1 Å². The number of rotatable bonds is 1. The van der Waals surface area contributed by atoms with Gasteiger partial charge in [-0.3, -0.25) is 0 Å². The van der Waals surface area contributed by atoms with E-state index >= 15 is 0 Å². The highest BCUT2D eigenvalue weighted by Gasteiger charge is 2.20. The monoisotopic (exact) mass is 426 g/mol. The van der Waals surface area contributed by atoms with Gasteiger partial charge in [0.1, 0.15) is 0 Å². The van der Waals surface area contributed by atoms with E-state index in [4.69, 9.17) is 5.26 Å². The molecule has 1 aliphatic rings. The van der Waals surface area contributed by atoms with Crippen molar-refractivity contribution in [3.8, 4) is 11.8 Å². The number of fused-ring (bicyclic) bond motifs is 3. The van der Waals surface area contributed by atoms with Crippen LogP contribution in [0.2, 0.25) is 0 Å². The predicted octanol–water partition coefficient (Wildman–Crippen LogP) is 5.95. The summed E-state index contributed by atoms with van der Waals surface area (Å²) in [4.78, 5) is 0. The van der Waals surface area contributed by atoms with Crippen molar-refractivity contribution in [3.63, 3.8) is 0 Å². The average Bonchev–Trinajstić information content (AvgIpc) is 2.88. The van der Waals surface area contributed by atoms with Crippen molar-refractivity contribution in [1.82, 2.24) is 4.57 Å². The molecule has 23 heavy (non-hydrogen) atoms. The van der Waals surface area contributed by atoms with E-state index in [0.717, 1.165) is 23.0 Å². The molecule has 1 heterocycles. The third-order valence-corrected chi connectivity index (χ3v) is 5.35. The van der Waals surface area contributed by atoms with Crippen LogP contribution in [0.1, 0.15) is 23.2 Å². The van der Waals surface area contributed by atoms with Gasteiger partial charge in [-0.15, -0.1) is 0 Å². The van der Waals surface area contributed by atoms with Crippen LogP contribution >= 0.6 is 31.9 Å². The fourth-order valence-corrected chi connectivity index (χ4v) is 3.98. The molecule has 0 aliphatic heterocycles. The molecular formula is C19H12Br2N2. The van der Waals surface area contributed by atoms with Crippen molar-refractivity contribution in [1.29, 1.82) is 5.26 Å². The van der Waals surface area contributed by atoms with E-state index in [2.05, 4.69) is 66.8 Å². The molecule has 2 nitrogen and oxygen atoms in total. The molecule has 0 spiro atoms. The molecule has 112 valence electrons. The van der Waals surface area contributed by atoms with Crippen LogP contribution in [-0.4, -0.2) is 4.57 Å². The lowest BCUT2D eigenvalue weighted by atomic mass is 10.0. The number of hydrogen-bond acceptors (Lipinski definition) is 1. The molecule has 0 amide bonds. The molecule has 4 rings (SSSR count). The lowest BCUT2D eigenvalue weighted by Gasteiger charge is -2.14. The van der Waals surface area contributed by atoms with Gasteiger partial charge in [0.2, 0.25) is 0 Å². The second-order valence-electron chi connectivity index (χ2n) is 5.61. The first-order chi connectivity index (χ1) is 11.2. The Morgan fingerprint density at radius 1 is 1.00 bits per heavy atom. The zero-order valence-corrected chi connectivity index (χ0v) is 15.4. The van der Waals surface area contributed by atoms with E-state index in [9.17, 15) is 0 Å². The van der Waals surface area contributed by atoms with E-state index in [1.807, 2.05) is 24.3 Å². The van der Waals surface area contributed by atoms with Crippen molar-refractivity contribution in [3.05, 3.63) is 68.2 Å². The summed E-state index contributed by atoms with van der Waals surface area (Å²) >= 11 is 7.23. The summed E-state index contributed by atoms with van der Waals surface area (Å²) in [6, 6.07) is 16.4. The lowest BCUT2D eigenvalue weighted by Crippen LogP contribution is -2.03. The van der Waals surface area contributed by atoms with Gasteiger partial charge in [-0.05, 0) is 65.9 Å². The van der Waals surface area contributed by atoms with Crippen LogP contribution in [0.5, 0.6) is 0 Å². The van der Waals surface area contributed by atoms with Crippen LogP contribution in [0.15, 0.2) is 51.4 Å². The molecule has 0 unspecified atom stereocenters. The van der Waals surface area contributed by atoms with Crippen LogP contribution in [0, 0.1) is 11.3 Å². The van der Waals surface area contributed by atoms with Crippen molar-refractivity contribution < 1.29 is 0 Å². The van der Waals surface area contributed by atoms with Gasteiger partial charge in [0.15, 0.2) is 0 Å². The van der Waals surface area contributed by atoms with Crippen molar-refractivity contribution >= 4 is 48.8 Å². The van der Waals surface area contributed by atoms with Gasteiger partial charge in [-0.25, -0.2) is 0 Å². The largest absolute Gasteiger partial charge is 0.313 e. The molecule has 2 aromatic carbocycles. The van der Waals surface area contributed by atoms with Gasteiger partial charge in [-0.2, -0.15) is 5.26 Å². The first-order valence-corrected chi connectivity index (χ1v) is 8.95. The number of allylic oxidation sites excluding steroid dienone is 1. The highest BCUT2D eigenvalue weighted by molar-refractivity contribution is 9.11. The molecule has 0 saturated carbocycles. The number of hydrogen-bond donors (Lipinski definition) is 0. The molecule has 0 atom stereocenters. The number of nitrogens with zero attached hydrogens (tertiary/aromatic N) is 2. The highest BCUT2D eigenvalue weighted by Crippen LogP contribution is 2.38. The summed E-state index contributed by atoms with van der Waals surface area (Å²) in [6.45, 7) is 0. The summed E-state index contributed by atoms with van der Waals surface area (Å²) in [6.07, 6.45) is 4.24. The molecule has 0 N–H and O–H groups in total. The maximum Gasteiger partial charge on any atom is 0.0991 e. The van der Waals surface area contributed by atoms with Crippen LogP contribution in [0.3, 0.4) is 0 Å². The maximum atomic E-state index is 9.01. The quantitative estimate of drug-likeness (QED) is 0.471. The minimum atomic E-state index is 0.685. The van der Waals surface area contributed by atoms with Crippen molar-refractivity contribution in [2.75, 3.05) is 0 Å². The summed E-state index contributed by atoms with van der Waals surface area (Å²) in [7, 11) is 0. The Kier molecular flexibility index (Phi) is 3.63. The SMILES string of the molecule is N#Cc1ccc(-n2c3c(c4cc(Br)ccc42)C=C(Br)CC3)cc1. The van der Waals surface area contributed by atoms with E-state index in [-0.39, 0.29) is 0 Å². The fraction of sp³-hybridized carbons (Fsp3) is 0.105. The van der Waals surface area contributed by atoms with Crippen LogP contribution in [0.25, 0.3) is 22.7 Å². The maximum absolute atomic E-state index is 9.01. The molecular weight excluding hydrogens is 416 g/mol. The Labute approximate surface area is 151 Å². The zero-order chi connectivity index (χ0) is 16.0. The molecule has 0 saturated heterocycles. The van der Waals surface area contributed by atoms with E-state index in [1.54, 1.807) is 0 Å². The first-order valence-electron chi connectivity index (χ1n) is 7.37. The van der Waals surface area contributed by atoms with Crippen molar-refractivity contribution in [2.45, 2.75) is 12.8 Å². The molecule has 0 fully saturated rings. The Hall–Kier alpha value is -1.83. The second kappa shape index (κ2) is 5.67. The molecule has 1 aliphatic carbocycles. The Morgan fingerprint density at radius 3 is 2.52 bits per heavy atom.